The maximum absolute atomic E-state index is 13.4. The molecule has 0 fully saturated rings. The van der Waals surface area contributed by atoms with E-state index < -0.39 is 5.82 Å². The van der Waals surface area contributed by atoms with Gasteiger partial charge in [-0.05, 0) is 24.6 Å². The molecule has 0 aliphatic rings. The van der Waals surface area contributed by atoms with Crippen LogP contribution >= 0.6 is 0 Å². The van der Waals surface area contributed by atoms with Crippen molar-refractivity contribution in [1.82, 2.24) is 5.32 Å². The lowest BCUT2D eigenvalue weighted by molar-refractivity contribution is -0.116. The van der Waals surface area contributed by atoms with E-state index in [1.165, 1.54) is 11.6 Å². The van der Waals surface area contributed by atoms with E-state index in [-0.39, 0.29) is 17.6 Å². The van der Waals surface area contributed by atoms with Gasteiger partial charge in [0.05, 0.1) is 5.69 Å². The Labute approximate surface area is 124 Å². The van der Waals surface area contributed by atoms with Gasteiger partial charge in [0.25, 0.3) is 0 Å². The molecule has 0 aliphatic carbocycles. The third kappa shape index (κ3) is 4.68. The molecule has 4 heteroatoms. The summed E-state index contributed by atoms with van der Waals surface area (Å²) in [5, 5.41) is 5.85. The summed E-state index contributed by atoms with van der Waals surface area (Å²) in [6.07, 6.45) is 0.297. The van der Waals surface area contributed by atoms with E-state index in [9.17, 15) is 9.18 Å². The smallest absolute Gasteiger partial charge is 0.225 e. The number of amides is 1. The first kappa shape index (κ1) is 15.2. The van der Waals surface area contributed by atoms with Gasteiger partial charge in [0.15, 0.2) is 0 Å². The maximum atomic E-state index is 13.4. The van der Waals surface area contributed by atoms with Crippen LogP contribution in [0.1, 0.15) is 24.9 Å². The summed E-state index contributed by atoms with van der Waals surface area (Å²) in [5.41, 5.74) is 1.39. The van der Waals surface area contributed by atoms with E-state index in [1.807, 2.05) is 37.3 Å². The van der Waals surface area contributed by atoms with E-state index in [0.29, 0.717) is 13.0 Å². The number of hydrogen-bond donors (Lipinski definition) is 2. The number of carbonyl (C=O) groups excluding carboxylic acids is 1. The van der Waals surface area contributed by atoms with Crippen LogP contribution in [0.3, 0.4) is 0 Å². The highest BCUT2D eigenvalue weighted by Crippen LogP contribution is 2.13. The van der Waals surface area contributed by atoms with Crippen LogP contribution in [0.15, 0.2) is 54.6 Å². The van der Waals surface area contributed by atoms with E-state index >= 15 is 0 Å². The molecule has 2 rings (SSSR count). The number of anilines is 1. The van der Waals surface area contributed by atoms with Crippen LogP contribution < -0.4 is 10.6 Å². The van der Waals surface area contributed by atoms with E-state index in [1.54, 1.807) is 18.2 Å². The summed E-state index contributed by atoms with van der Waals surface area (Å²) >= 11 is 0. The molecule has 0 radical (unpaired) electrons. The second kappa shape index (κ2) is 7.55. The van der Waals surface area contributed by atoms with E-state index in [0.717, 1.165) is 0 Å². The zero-order valence-corrected chi connectivity index (χ0v) is 12.0. The van der Waals surface area contributed by atoms with Crippen molar-refractivity contribution in [2.24, 2.45) is 0 Å². The third-order valence-electron chi connectivity index (χ3n) is 3.25. The number of para-hydroxylation sites is 1. The lowest BCUT2D eigenvalue weighted by Crippen LogP contribution is -2.24. The lowest BCUT2D eigenvalue weighted by atomic mass is 10.1. The monoisotopic (exact) mass is 286 g/mol. The molecule has 0 aliphatic heterocycles. The summed E-state index contributed by atoms with van der Waals surface area (Å²) < 4.78 is 13.4. The average molecular weight is 286 g/mol. The SMILES string of the molecule is CC(NCCC(=O)Nc1ccccc1F)c1ccccc1. The van der Waals surface area contributed by atoms with Crippen molar-refractivity contribution in [1.29, 1.82) is 0 Å². The molecule has 1 unspecified atom stereocenters. The first-order chi connectivity index (χ1) is 10.2. The van der Waals surface area contributed by atoms with Gasteiger partial charge in [-0.15, -0.1) is 0 Å². The summed E-state index contributed by atoms with van der Waals surface area (Å²) in [6, 6.07) is 16.3. The number of halogens is 1. The van der Waals surface area contributed by atoms with Crippen LogP contribution in [0.5, 0.6) is 0 Å². The second-order valence-electron chi connectivity index (χ2n) is 4.86. The minimum absolute atomic E-state index is 0.174. The largest absolute Gasteiger partial charge is 0.324 e. The van der Waals surface area contributed by atoms with Crippen LogP contribution in [0.2, 0.25) is 0 Å². The third-order valence-corrected chi connectivity index (χ3v) is 3.25. The van der Waals surface area contributed by atoms with Gasteiger partial charge in [-0.25, -0.2) is 4.39 Å². The Morgan fingerprint density at radius 2 is 1.76 bits per heavy atom. The molecule has 0 saturated heterocycles. The molecule has 110 valence electrons. The van der Waals surface area contributed by atoms with Gasteiger partial charge in [-0.1, -0.05) is 42.5 Å². The molecule has 0 spiro atoms. The molecule has 0 bridgehead atoms. The van der Waals surface area contributed by atoms with Crippen molar-refractivity contribution < 1.29 is 9.18 Å². The van der Waals surface area contributed by atoms with E-state index in [2.05, 4.69) is 10.6 Å². The highest BCUT2D eigenvalue weighted by molar-refractivity contribution is 5.90. The second-order valence-corrected chi connectivity index (χ2v) is 4.86. The van der Waals surface area contributed by atoms with E-state index in [4.69, 9.17) is 0 Å². The van der Waals surface area contributed by atoms with Crippen LogP contribution in [-0.2, 0) is 4.79 Å². The zero-order valence-electron chi connectivity index (χ0n) is 12.0. The average Bonchev–Trinajstić information content (AvgIpc) is 2.50. The molecular weight excluding hydrogens is 267 g/mol. The van der Waals surface area contributed by atoms with Crippen molar-refractivity contribution in [2.45, 2.75) is 19.4 Å². The van der Waals surface area contributed by atoms with Crippen molar-refractivity contribution in [3.63, 3.8) is 0 Å². The van der Waals surface area contributed by atoms with Crippen LogP contribution in [0, 0.1) is 5.82 Å². The molecule has 21 heavy (non-hydrogen) atoms. The minimum Gasteiger partial charge on any atom is -0.324 e. The number of nitrogens with one attached hydrogen (secondary N) is 2. The predicted molar refractivity (Wildman–Crippen MR) is 82.5 cm³/mol. The standard InChI is InChI=1S/C17H19FN2O/c1-13(14-7-3-2-4-8-14)19-12-11-17(21)20-16-10-6-5-9-15(16)18/h2-10,13,19H,11-12H2,1H3,(H,20,21). The Morgan fingerprint density at radius 3 is 2.48 bits per heavy atom. The van der Waals surface area contributed by atoms with Crippen molar-refractivity contribution in [3.8, 4) is 0 Å². The molecule has 1 amide bonds. The van der Waals surface area contributed by atoms with Gasteiger partial charge in [0.2, 0.25) is 5.91 Å². The fourth-order valence-corrected chi connectivity index (χ4v) is 2.04. The first-order valence-electron chi connectivity index (χ1n) is 6.99. The molecule has 0 heterocycles. The molecular formula is C17H19FN2O. The van der Waals surface area contributed by atoms with Crippen molar-refractivity contribution in [2.75, 3.05) is 11.9 Å². The van der Waals surface area contributed by atoms with Crippen molar-refractivity contribution in [3.05, 3.63) is 66.0 Å². The number of carbonyl (C=O) groups is 1. The minimum atomic E-state index is -0.420. The van der Waals surface area contributed by atoms with Gasteiger partial charge in [-0.2, -0.15) is 0 Å². The highest BCUT2D eigenvalue weighted by atomic mass is 19.1. The quantitative estimate of drug-likeness (QED) is 0.853. The number of hydrogen-bond acceptors (Lipinski definition) is 2. The van der Waals surface area contributed by atoms with Gasteiger partial charge in [-0.3, -0.25) is 4.79 Å². The lowest BCUT2D eigenvalue weighted by Gasteiger charge is -2.14. The van der Waals surface area contributed by atoms with Gasteiger partial charge in [0.1, 0.15) is 5.82 Å². The van der Waals surface area contributed by atoms with Gasteiger partial charge in [0, 0.05) is 19.0 Å². The molecule has 2 aromatic carbocycles. The maximum Gasteiger partial charge on any atom is 0.225 e. The molecule has 1 atom stereocenters. The molecule has 2 aromatic rings. The molecule has 2 N–H and O–H groups in total. The van der Waals surface area contributed by atoms with Crippen LogP contribution in [0.4, 0.5) is 10.1 Å². The zero-order chi connectivity index (χ0) is 15.1. The fourth-order valence-electron chi connectivity index (χ4n) is 2.04. The fraction of sp³-hybridized carbons (Fsp3) is 0.235. The molecule has 0 saturated carbocycles. The first-order valence-corrected chi connectivity index (χ1v) is 6.99. The Morgan fingerprint density at radius 1 is 1.10 bits per heavy atom. The Bertz CT molecular complexity index is 586. The summed E-state index contributed by atoms with van der Waals surface area (Å²) in [6.45, 7) is 2.58. The molecule has 0 aromatic heterocycles. The van der Waals surface area contributed by atoms with Gasteiger partial charge >= 0.3 is 0 Å². The summed E-state index contributed by atoms with van der Waals surface area (Å²) in [5.74, 6) is -0.621. The molecule has 3 nitrogen and oxygen atoms in total. The predicted octanol–water partition coefficient (Wildman–Crippen LogP) is 3.51. The summed E-state index contributed by atoms with van der Waals surface area (Å²) in [4.78, 5) is 11.8. The summed E-state index contributed by atoms with van der Waals surface area (Å²) in [7, 11) is 0. The van der Waals surface area contributed by atoms with Crippen LogP contribution in [0.25, 0.3) is 0 Å². The Hall–Kier alpha value is -2.20. The van der Waals surface area contributed by atoms with Crippen LogP contribution in [-0.4, -0.2) is 12.5 Å². The highest BCUT2D eigenvalue weighted by Gasteiger charge is 2.08. The number of rotatable bonds is 6. The van der Waals surface area contributed by atoms with Crippen molar-refractivity contribution >= 4 is 11.6 Å². The Kier molecular flexibility index (Phi) is 5.46. The normalized spacial score (nSPS) is 11.9. The number of benzene rings is 2. The van der Waals surface area contributed by atoms with Gasteiger partial charge < -0.3 is 10.6 Å². The topological polar surface area (TPSA) is 41.1 Å². The Balaban J connectivity index is 1.76.